The molecule has 4 rings (SSSR count). The molecule has 1 saturated heterocycles. The first-order valence-electron chi connectivity index (χ1n) is 9.42. The van der Waals surface area contributed by atoms with Crippen LogP contribution in [-0.4, -0.2) is 43.7 Å². The van der Waals surface area contributed by atoms with Crippen LogP contribution >= 0.6 is 11.6 Å². The minimum Gasteiger partial charge on any atom is -0.378 e. The Kier molecular flexibility index (Phi) is 5.35. The number of hydrogen-bond donors (Lipinski definition) is 0. The average molecular weight is 394 g/mol. The Labute approximate surface area is 171 Å². The molecule has 3 aromatic rings. The Bertz CT molecular complexity index is 896. The van der Waals surface area contributed by atoms with E-state index in [1.165, 1.54) is 16.9 Å². The molecule has 1 aliphatic heterocycles. The summed E-state index contributed by atoms with van der Waals surface area (Å²) in [4.78, 5) is 15.7. The smallest absolute Gasteiger partial charge is 0.147 e. The number of nitrogens with zero attached hydrogens (tertiary/aromatic N) is 5. The van der Waals surface area contributed by atoms with Crippen LogP contribution in [0.4, 0.5) is 17.2 Å². The fourth-order valence-corrected chi connectivity index (χ4v) is 3.79. The van der Waals surface area contributed by atoms with Gasteiger partial charge in [0.1, 0.15) is 5.82 Å². The molecule has 0 bridgehead atoms. The molecule has 1 aromatic heterocycles. The van der Waals surface area contributed by atoms with Crippen molar-refractivity contribution in [1.82, 2.24) is 9.97 Å². The normalized spacial score (nSPS) is 16.9. The van der Waals surface area contributed by atoms with Crippen LogP contribution in [0.5, 0.6) is 0 Å². The van der Waals surface area contributed by atoms with Gasteiger partial charge in [-0.15, -0.1) is 0 Å². The summed E-state index contributed by atoms with van der Waals surface area (Å²) in [5.74, 6) is 0.917. The molecule has 0 spiro atoms. The van der Waals surface area contributed by atoms with Gasteiger partial charge in [-0.2, -0.15) is 0 Å². The van der Waals surface area contributed by atoms with Gasteiger partial charge in [0.2, 0.25) is 0 Å². The van der Waals surface area contributed by atoms with E-state index in [1.54, 1.807) is 12.4 Å². The number of benzene rings is 2. The summed E-state index contributed by atoms with van der Waals surface area (Å²) in [7, 11) is 4.12. The van der Waals surface area contributed by atoms with E-state index in [2.05, 4.69) is 75.2 Å². The zero-order valence-corrected chi connectivity index (χ0v) is 16.9. The molecule has 0 N–H and O–H groups in total. The molecule has 2 heterocycles. The highest BCUT2D eigenvalue weighted by Crippen LogP contribution is 2.32. The first-order chi connectivity index (χ1) is 13.6. The highest BCUT2D eigenvalue weighted by Gasteiger charge is 2.29. The Morgan fingerprint density at radius 3 is 2.36 bits per heavy atom. The summed E-state index contributed by atoms with van der Waals surface area (Å²) < 4.78 is 0. The Balaban J connectivity index is 1.65. The number of rotatable bonds is 4. The lowest BCUT2D eigenvalue weighted by Crippen LogP contribution is -2.49. The number of hydrogen-bond acceptors (Lipinski definition) is 5. The maximum Gasteiger partial charge on any atom is 0.147 e. The third kappa shape index (κ3) is 3.90. The van der Waals surface area contributed by atoms with Crippen molar-refractivity contribution in [3.05, 3.63) is 77.7 Å². The first-order valence-corrected chi connectivity index (χ1v) is 9.80. The van der Waals surface area contributed by atoms with E-state index in [9.17, 15) is 0 Å². The molecule has 0 saturated carbocycles. The average Bonchev–Trinajstić information content (AvgIpc) is 2.74. The quantitative estimate of drug-likeness (QED) is 0.661. The summed E-state index contributed by atoms with van der Waals surface area (Å²) in [6.07, 6.45) is 5.32. The van der Waals surface area contributed by atoms with E-state index < -0.39 is 0 Å². The van der Waals surface area contributed by atoms with Gasteiger partial charge in [-0.1, -0.05) is 23.7 Å². The maximum absolute atomic E-state index is 6.07. The van der Waals surface area contributed by atoms with Crippen LogP contribution in [0.1, 0.15) is 11.6 Å². The van der Waals surface area contributed by atoms with Crippen molar-refractivity contribution >= 4 is 28.8 Å². The number of aromatic nitrogens is 2. The molecule has 1 fully saturated rings. The lowest BCUT2D eigenvalue weighted by molar-refractivity contribution is 0.534. The number of anilines is 3. The Morgan fingerprint density at radius 1 is 0.964 bits per heavy atom. The van der Waals surface area contributed by atoms with Gasteiger partial charge >= 0.3 is 0 Å². The van der Waals surface area contributed by atoms with Crippen LogP contribution in [0.25, 0.3) is 0 Å². The number of piperazine rings is 1. The van der Waals surface area contributed by atoms with Gasteiger partial charge in [0, 0.05) is 62.5 Å². The summed E-state index contributed by atoms with van der Waals surface area (Å²) in [6, 6.07) is 17.1. The Hall–Kier alpha value is -2.79. The molecule has 1 unspecified atom stereocenters. The van der Waals surface area contributed by atoms with Gasteiger partial charge in [0.25, 0.3) is 0 Å². The monoisotopic (exact) mass is 393 g/mol. The van der Waals surface area contributed by atoms with Crippen molar-refractivity contribution in [2.45, 2.75) is 6.04 Å². The third-order valence-electron chi connectivity index (χ3n) is 5.21. The predicted octanol–water partition coefficient (Wildman–Crippen LogP) is 4.26. The van der Waals surface area contributed by atoms with Gasteiger partial charge in [-0.25, -0.2) is 4.98 Å². The van der Waals surface area contributed by atoms with E-state index in [4.69, 9.17) is 11.6 Å². The molecule has 1 aliphatic rings. The third-order valence-corrected chi connectivity index (χ3v) is 5.46. The van der Waals surface area contributed by atoms with E-state index in [-0.39, 0.29) is 6.04 Å². The van der Waals surface area contributed by atoms with Crippen LogP contribution in [0.15, 0.2) is 67.1 Å². The van der Waals surface area contributed by atoms with Crippen molar-refractivity contribution in [3.63, 3.8) is 0 Å². The topological polar surface area (TPSA) is 35.5 Å². The maximum atomic E-state index is 6.07. The highest BCUT2D eigenvalue weighted by molar-refractivity contribution is 6.30. The fraction of sp³-hybridized carbons (Fsp3) is 0.273. The molecule has 0 aliphatic carbocycles. The van der Waals surface area contributed by atoms with Crippen molar-refractivity contribution < 1.29 is 0 Å². The largest absolute Gasteiger partial charge is 0.378 e. The van der Waals surface area contributed by atoms with Crippen molar-refractivity contribution in [2.24, 2.45) is 0 Å². The summed E-state index contributed by atoms with van der Waals surface area (Å²) in [6.45, 7) is 2.67. The molecule has 28 heavy (non-hydrogen) atoms. The molecule has 0 amide bonds. The minimum absolute atomic E-state index is 0.192. The second-order valence-corrected chi connectivity index (χ2v) is 7.62. The molecule has 2 aromatic carbocycles. The summed E-state index contributed by atoms with van der Waals surface area (Å²) in [5.41, 5.74) is 3.66. The standard InChI is InChI=1S/C22H24ClN5/c1-26(2)19-7-3-17(4-8-19)21-16-27(20-9-5-18(23)6-10-20)13-14-28(21)22-15-24-11-12-25-22/h3-12,15,21H,13-14,16H2,1-2H3. The lowest BCUT2D eigenvalue weighted by Gasteiger charge is -2.43. The molecule has 1 atom stereocenters. The van der Waals surface area contributed by atoms with Crippen molar-refractivity contribution in [2.75, 3.05) is 48.4 Å². The van der Waals surface area contributed by atoms with E-state index in [1.807, 2.05) is 18.3 Å². The molecule has 6 heteroatoms. The van der Waals surface area contributed by atoms with Crippen LogP contribution in [0.3, 0.4) is 0 Å². The zero-order valence-electron chi connectivity index (χ0n) is 16.2. The molecular formula is C22H24ClN5. The van der Waals surface area contributed by atoms with Crippen LogP contribution < -0.4 is 14.7 Å². The molecule has 0 radical (unpaired) electrons. The fourth-order valence-electron chi connectivity index (χ4n) is 3.66. The van der Waals surface area contributed by atoms with Gasteiger partial charge in [-0.05, 0) is 42.0 Å². The van der Waals surface area contributed by atoms with Crippen molar-refractivity contribution in [3.8, 4) is 0 Å². The first kappa shape index (κ1) is 18.6. The second-order valence-electron chi connectivity index (χ2n) is 7.18. The number of halogens is 1. The zero-order chi connectivity index (χ0) is 19.5. The van der Waals surface area contributed by atoms with E-state index in [0.29, 0.717) is 0 Å². The van der Waals surface area contributed by atoms with Crippen LogP contribution in [-0.2, 0) is 0 Å². The van der Waals surface area contributed by atoms with Crippen LogP contribution in [0.2, 0.25) is 5.02 Å². The van der Waals surface area contributed by atoms with Crippen LogP contribution in [0, 0.1) is 0 Å². The van der Waals surface area contributed by atoms with Gasteiger partial charge in [-0.3, -0.25) is 4.98 Å². The summed E-state index contributed by atoms with van der Waals surface area (Å²) in [5, 5.41) is 0.762. The predicted molar refractivity (Wildman–Crippen MR) is 117 cm³/mol. The SMILES string of the molecule is CN(C)c1ccc(C2CN(c3ccc(Cl)cc3)CCN2c2cnccn2)cc1. The van der Waals surface area contributed by atoms with Crippen molar-refractivity contribution in [1.29, 1.82) is 0 Å². The lowest BCUT2D eigenvalue weighted by atomic mass is 10.0. The van der Waals surface area contributed by atoms with E-state index in [0.717, 1.165) is 30.5 Å². The minimum atomic E-state index is 0.192. The van der Waals surface area contributed by atoms with E-state index >= 15 is 0 Å². The van der Waals surface area contributed by atoms with Gasteiger partial charge in [0.05, 0.1) is 12.2 Å². The highest BCUT2D eigenvalue weighted by atomic mass is 35.5. The molecular weight excluding hydrogens is 370 g/mol. The second kappa shape index (κ2) is 8.07. The van der Waals surface area contributed by atoms with Gasteiger partial charge < -0.3 is 14.7 Å². The van der Waals surface area contributed by atoms with Gasteiger partial charge in [0.15, 0.2) is 0 Å². The molecule has 144 valence electrons. The molecule has 5 nitrogen and oxygen atoms in total. The summed E-state index contributed by atoms with van der Waals surface area (Å²) >= 11 is 6.07. The Morgan fingerprint density at radius 2 is 1.71 bits per heavy atom.